The van der Waals surface area contributed by atoms with Crippen molar-refractivity contribution in [2.24, 2.45) is 0 Å². The van der Waals surface area contributed by atoms with E-state index in [1.54, 1.807) is 0 Å². The van der Waals surface area contributed by atoms with Gasteiger partial charge < -0.3 is 0 Å². The highest BCUT2D eigenvalue weighted by atomic mass is 32.2. The van der Waals surface area contributed by atoms with E-state index in [-0.39, 0.29) is 0 Å². The van der Waals surface area contributed by atoms with Crippen molar-refractivity contribution in [3.8, 4) is 0 Å². The SMILES string of the molecule is CCSC(=O)CCCc1ccccc1. The predicted octanol–water partition coefficient (Wildman–Crippen LogP) is 3.29. The highest BCUT2D eigenvalue weighted by molar-refractivity contribution is 8.13. The van der Waals surface area contributed by atoms with E-state index < -0.39 is 0 Å². The summed E-state index contributed by atoms with van der Waals surface area (Å²) in [5.74, 6) is 0.893. The van der Waals surface area contributed by atoms with E-state index in [2.05, 4.69) is 12.1 Å². The number of carbonyl (C=O) groups is 1. The molecule has 0 saturated heterocycles. The fraction of sp³-hybridized carbons (Fsp3) is 0.417. The summed E-state index contributed by atoms with van der Waals surface area (Å²) in [5.41, 5.74) is 1.32. The Morgan fingerprint density at radius 1 is 1.29 bits per heavy atom. The fourth-order valence-corrected chi connectivity index (χ4v) is 1.93. The molecule has 0 fully saturated rings. The molecule has 1 aromatic rings. The Balaban J connectivity index is 2.19. The lowest BCUT2D eigenvalue weighted by Crippen LogP contribution is -1.94. The predicted molar refractivity (Wildman–Crippen MR) is 62.5 cm³/mol. The van der Waals surface area contributed by atoms with Crippen LogP contribution in [0.2, 0.25) is 0 Å². The first-order valence-electron chi connectivity index (χ1n) is 5.02. The van der Waals surface area contributed by atoms with Crippen LogP contribution in [0.3, 0.4) is 0 Å². The van der Waals surface area contributed by atoms with Gasteiger partial charge in [-0.25, -0.2) is 0 Å². The van der Waals surface area contributed by atoms with Crippen LogP contribution in [0.15, 0.2) is 30.3 Å². The van der Waals surface area contributed by atoms with E-state index in [1.807, 2.05) is 25.1 Å². The molecule has 0 aliphatic carbocycles. The molecule has 1 aromatic carbocycles. The highest BCUT2D eigenvalue weighted by Gasteiger charge is 2.00. The Labute approximate surface area is 89.9 Å². The zero-order valence-electron chi connectivity index (χ0n) is 8.53. The molecule has 0 bridgehead atoms. The van der Waals surface area contributed by atoms with Crippen molar-refractivity contribution in [2.45, 2.75) is 26.2 Å². The van der Waals surface area contributed by atoms with E-state index in [0.29, 0.717) is 11.5 Å². The van der Waals surface area contributed by atoms with E-state index in [4.69, 9.17) is 0 Å². The number of thioether (sulfide) groups is 1. The molecule has 0 heterocycles. The molecule has 0 N–H and O–H groups in total. The second-order valence-electron chi connectivity index (χ2n) is 3.14. The average Bonchev–Trinajstić information content (AvgIpc) is 2.20. The molecule has 0 radical (unpaired) electrons. The van der Waals surface area contributed by atoms with Crippen LogP contribution < -0.4 is 0 Å². The van der Waals surface area contributed by atoms with E-state index in [1.165, 1.54) is 17.3 Å². The van der Waals surface area contributed by atoms with Gasteiger partial charge in [0.1, 0.15) is 0 Å². The summed E-state index contributed by atoms with van der Waals surface area (Å²) in [6.07, 6.45) is 2.68. The molecule has 0 aromatic heterocycles. The third-order valence-electron chi connectivity index (χ3n) is 1.99. The highest BCUT2D eigenvalue weighted by Crippen LogP contribution is 2.10. The van der Waals surface area contributed by atoms with Gasteiger partial charge in [-0.1, -0.05) is 49.0 Å². The topological polar surface area (TPSA) is 17.1 Å². The van der Waals surface area contributed by atoms with Crippen molar-refractivity contribution in [1.82, 2.24) is 0 Å². The third kappa shape index (κ3) is 4.47. The monoisotopic (exact) mass is 208 g/mol. The lowest BCUT2D eigenvalue weighted by Gasteiger charge is -2.00. The van der Waals surface area contributed by atoms with Gasteiger partial charge in [-0.15, -0.1) is 0 Å². The standard InChI is InChI=1S/C12H16OS/c1-2-14-12(13)10-6-9-11-7-4-3-5-8-11/h3-5,7-8H,2,6,9-10H2,1H3. The molecule has 0 amide bonds. The third-order valence-corrected chi connectivity index (χ3v) is 2.81. The van der Waals surface area contributed by atoms with Crippen molar-refractivity contribution in [1.29, 1.82) is 0 Å². The van der Waals surface area contributed by atoms with Crippen LogP contribution in [-0.2, 0) is 11.2 Å². The smallest absolute Gasteiger partial charge is 0.188 e. The number of hydrogen-bond donors (Lipinski definition) is 0. The van der Waals surface area contributed by atoms with Crippen molar-refractivity contribution in [2.75, 3.05) is 5.75 Å². The summed E-state index contributed by atoms with van der Waals surface area (Å²) in [6, 6.07) is 10.3. The maximum absolute atomic E-state index is 11.2. The molecule has 76 valence electrons. The van der Waals surface area contributed by atoms with Crippen LogP contribution in [-0.4, -0.2) is 10.9 Å². The molecular formula is C12H16OS. The van der Waals surface area contributed by atoms with Gasteiger partial charge >= 0.3 is 0 Å². The van der Waals surface area contributed by atoms with Crippen LogP contribution in [0.4, 0.5) is 0 Å². The maximum atomic E-state index is 11.2. The van der Waals surface area contributed by atoms with Crippen LogP contribution in [0, 0.1) is 0 Å². The van der Waals surface area contributed by atoms with E-state index in [9.17, 15) is 4.79 Å². The zero-order valence-corrected chi connectivity index (χ0v) is 9.35. The summed E-state index contributed by atoms with van der Waals surface area (Å²) in [7, 11) is 0. The van der Waals surface area contributed by atoms with Crippen molar-refractivity contribution in [3.63, 3.8) is 0 Å². The first-order chi connectivity index (χ1) is 6.83. The Morgan fingerprint density at radius 3 is 2.64 bits per heavy atom. The summed E-state index contributed by atoms with van der Waals surface area (Å²) < 4.78 is 0. The van der Waals surface area contributed by atoms with Crippen molar-refractivity contribution >= 4 is 16.9 Å². The maximum Gasteiger partial charge on any atom is 0.188 e. The molecule has 0 saturated carbocycles. The van der Waals surface area contributed by atoms with Gasteiger partial charge in [0, 0.05) is 6.42 Å². The van der Waals surface area contributed by atoms with Crippen LogP contribution in [0.5, 0.6) is 0 Å². The van der Waals surface area contributed by atoms with E-state index >= 15 is 0 Å². The van der Waals surface area contributed by atoms with Crippen molar-refractivity contribution in [3.05, 3.63) is 35.9 Å². The van der Waals surface area contributed by atoms with Crippen LogP contribution in [0.25, 0.3) is 0 Å². The van der Waals surface area contributed by atoms with Gasteiger partial charge in [-0.05, 0) is 24.2 Å². The zero-order chi connectivity index (χ0) is 10.2. The van der Waals surface area contributed by atoms with Gasteiger partial charge in [0.2, 0.25) is 0 Å². The van der Waals surface area contributed by atoms with Gasteiger partial charge in [0.15, 0.2) is 5.12 Å². The summed E-state index contributed by atoms with van der Waals surface area (Å²) in [4.78, 5) is 11.2. The molecule has 0 aliphatic rings. The van der Waals surface area contributed by atoms with Crippen LogP contribution in [0.1, 0.15) is 25.3 Å². The van der Waals surface area contributed by atoms with Gasteiger partial charge in [-0.2, -0.15) is 0 Å². The first-order valence-corrected chi connectivity index (χ1v) is 6.01. The minimum absolute atomic E-state index is 0.323. The number of hydrogen-bond acceptors (Lipinski definition) is 2. The summed E-state index contributed by atoms with van der Waals surface area (Å²) >= 11 is 1.43. The summed E-state index contributed by atoms with van der Waals surface area (Å²) in [6.45, 7) is 2.01. The molecule has 1 nitrogen and oxygen atoms in total. The van der Waals surface area contributed by atoms with Gasteiger partial charge in [0.05, 0.1) is 0 Å². The first kappa shape index (κ1) is 11.3. The minimum Gasteiger partial charge on any atom is -0.287 e. The number of rotatable bonds is 5. The van der Waals surface area contributed by atoms with Gasteiger partial charge in [-0.3, -0.25) is 4.79 Å². The lowest BCUT2D eigenvalue weighted by atomic mass is 10.1. The molecule has 0 atom stereocenters. The average molecular weight is 208 g/mol. The van der Waals surface area contributed by atoms with Crippen molar-refractivity contribution < 1.29 is 4.79 Å². The second kappa shape index (κ2) is 6.66. The molecule has 0 unspecified atom stereocenters. The normalized spacial score (nSPS) is 10.1. The molecule has 0 spiro atoms. The number of benzene rings is 1. The number of aryl methyl sites for hydroxylation is 1. The Kier molecular flexibility index (Phi) is 5.38. The fourth-order valence-electron chi connectivity index (χ4n) is 1.31. The quantitative estimate of drug-likeness (QED) is 0.738. The minimum atomic E-state index is 0.323. The largest absolute Gasteiger partial charge is 0.287 e. The van der Waals surface area contributed by atoms with Gasteiger partial charge in [0.25, 0.3) is 0 Å². The molecule has 2 heteroatoms. The van der Waals surface area contributed by atoms with Crippen LogP contribution >= 0.6 is 11.8 Å². The molecule has 0 aliphatic heterocycles. The Morgan fingerprint density at radius 2 is 2.00 bits per heavy atom. The Hall–Kier alpha value is -0.760. The number of carbonyl (C=O) groups excluding carboxylic acids is 1. The molecule has 1 rings (SSSR count). The Bertz CT molecular complexity index is 269. The summed E-state index contributed by atoms with van der Waals surface area (Å²) in [5, 5.41) is 0.323. The lowest BCUT2D eigenvalue weighted by molar-refractivity contribution is -0.111. The molecule has 14 heavy (non-hydrogen) atoms. The van der Waals surface area contributed by atoms with E-state index in [0.717, 1.165) is 18.6 Å². The second-order valence-corrected chi connectivity index (χ2v) is 4.47. The molecular weight excluding hydrogens is 192 g/mol.